The molecule has 2 aromatic rings. The third kappa shape index (κ3) is 3.14. The van der Waals surface area contributed by atoms with E-state index >= 15 is 0 Å². The molecule has 1 heterocycles. The highest BCUT2D eigenvalue weighted by Crippen LogP contribution is 2.14. The molecule has 2 N–H and O–H groups in total. The first-order chi connectivity index (χ1) is 8.29. The summed E-state index contributed by atoms with van der Waals surface area (Å²) in [6.45, 7) is 2.08. The van der Waals surface area contributed by atoms with E-state index in [0.717, 1.165) is 18.7 Å². The Bertz CT molecular complexity index is 453. The maximum absolute atomic E-state index is 6.04. The Hall–Kier alpha value is -1.68. The minimum absolute atomic E-state index is 0.226. The van der Waals surface area contributed by atoms with Crippen LogP contribution in [0.3, 0.4) is 0 Å². The second-order valence-corrected chi connectivity index (χ2v) is 4.10. The van der Waals surface area contributed by atoms with E-state index < -0.39 is 0 Å². The van der Waals surface area contributed by atoms with Crippen molar-refractivity contribution >= 4 is 0 Å². The van der Waals surface area contributed by atoms with E-state index in [0.29, 0.717) is 12.3 Å². The number of nitrogens with zero attached hydrogens (tertiary/aromatic N) is 2. The molecule has 0 saturated carbocycles. The molecule has 4 nitrogen and oxygen atoms in total. The highest BCUT2D eigenvalue weighted by Gasteiger charge is 2.14. The summed E-state index contributed by atoms with van der Waals surface area (Å²) < 4.78 is 5.17. The monoisotopic (exact) mass is 231 g/mol. The second-order valence-electron chi connectivity index (χ2n) is 4.10. The Kier molecular flexibility index (Phi) is 3.88. The average Bonchev–Trinajstić information content (AvgIpc) is 2.79. The molecular weight excluding hydrogens is 214 g/mol. The first-order valence-electron chi connectivity index (χ1n) is 5.91. The molecule has 1 aromatic carbocycles. The van der Waals surface area contributed by atoms with E-state index in [9.17, 15) is 0 Å². The van der Waals surface area contributed by atoms with Gasteiger partial charge in [0.1, 0.15) is 0 Å². The fraction of sp³-hybridized carbons (Fsp3) is 0.385. The molecule has 0 spiro atoms. The van der Waals surface area contributed by atoms with Gasteiger partial charge in [-0.15, -0.1) is 0 Å². The van der Waals surface area contributed by atoms with Gasteiger partial charge in [0.05, 0.1) is 6.04 Å². The summed E-state index contributed by atoms with van der Waals surface area (Å²) in [5.41, 5.74) is 7.22. The summed E-state index contributed by atoms with van der Waals surface area (Å²) in [5, 5.41) is 3.90. The predicted octanol–water partition coefficient (Wildman–Crippen LogP) is 2.26. The molecule has 0 radical (unpaired) electrons. The normalized spacial score (nSPS) is 12.6. The maximum atomic E-state index is 6.04. The second kappa shape index (κ2) is 5.59. The number of aryl methyl sites for hydroxylation is 1. The van der Waals surface area contributed by atoms with Gasteiger partial charge in [-0.1, -0.05) is 42.4 Å². The van der Waals surface area contributed by atoms with Gasteiger partial charge in [0.15, 0.2) is 5.82 Å². The van der Waals surface area contributed by atoms with Gasteiger partial charge in [-0.05, 0) is 18.4 Å². The van der Waals surface area contributed by atoms with Crippen molar-refractivity contribution in [3.8, 4) is 0 Å². The van der Waals surface area contributed by atoms with Crippen LogP contribution in [0.4, 0.5) is 0 Å². The molecule has 0 fully saturated rings. The van der Waals surface area contributed by atoms with Crippen LogP contribution in [0.5, 0.6) is 0 Å². The van der Waals surface area contributed by atoms with E-state index in [4.69, 9.17) is 10.3 Å². The van der Waals surface area contributed by atoms with Gasteiger partial charge >= 0.3 is 0 Å². The minimum Gasteiger partial charge on any atom is -0.338 e. The first-order valence-corrected chi connectivity index (χ1v) is 5.91. The quantitative estimate of drug-likeness (QED) is 0.857. The van der Waals surface area contributed by atoms with E-state index in [1.54, 1.807) is 0 Å². The van der Waals surface area contributed by atoms with Crippen molar-refractivity contribution in [2.45, 2.75) is 32.2 Å². The first kappa shape index (κ1) is 11.8. The van der Waals surface area contributed by atoms with Crippen molar-refractivity contribution in [3.63, 3.8) is 0 Å². The fourth-order valence-electron chi connectivity index (χ4n) is 1.70. The molecule has 17 heavy (non-hydrogen) atoms. The van der Waals surface area contributed by atoms with Crippen molar-refractivity contribution in [3.05, 3.63) is 47.6 Å². The number of rotatable bonds is 5. The zero-order valence-corrected chi connectivity index (χ0v) is 9.97. The number of aromatic nitrogens is 2. The maximum Gasteiger partial charge on any atom is 0.243 e. The van der Waals surface area contributed by atoms with E-state index in [1.807, 2.05) is 30.3 Å². The van der Waals surface area contributed by atoms with Crippen LogP contribution in [0.1, 0.15) is 36.7 Å². The molecule has 90 valence electrons. The Morgan fingerprint density at radius 1 is 1.29 bits per heavy atom. The van der Waals surface area contributed by atoms with E-state index in [2.05, 4.69) is 17.1 Å². The van der Waals surface area contributed by atoms with Gasteiger partial charge in [0.2, 0.25) is 5.89 Å². The predicted molar refractivity (Wildman–Crippen MR) is 65.4 cm³/mol. The summed E-state index contributed by atoms with van der Waals surface area (Å²) in [6, 6.07) is 9.85. The lowest BCUT2D eigenvalue weighted by Crippen LogP contribution is -2.13. The Balaban J connectivity index is 2.01. The lowest BCUT2D eigenvalue weighted by Gasteiger charge is -2.05. The molecule has 1 aromatic heterocycles. The Morgan fingerprint density at radius 3 is 2.76 bits per heavy atom. The standard InChI is InChI=1S/C13H17N3O/c1-2-6-12-15-13(17-16-12)11(14)9-10-7-4-3-5-8-10/h3-5,7-8,11H,2,6,9,14H2,1H3/t11-/m1/s1. The summed E-state index contributed by atoms with van der Waals surface area (Å²) >= 11 is 0. The van der Waals surface area contributed by atoms with Crippen LogP contribution in [0.25, 0.3) is 0 Å². The van der Waals surface area contributed by atoms with Gasteiger partial charge in [0.25, 0.3) is 0 Å². The SMILES string of the molecule is CCCc1noc([C@H](N)Cc2ccccc2)n1. The summed E-state index contributed by atoms with van der Waals surface area (Å²) in [7, 11) is 0. The molecule has 2 rings (SSSR count). The average molecular weight is 231 g/mol. The van der Waals surface area contributed by atoms with Gasteiger partial charge in [-0.25, -0.2) is 0 Å². The number of hydrogen-bond donors (Lipinski definition) is 1. The third-order valence-corrected chi connectivity index (χ3v) is 2.57. The zero-order chi connectivity index (χ0) is 12.1. The van der Waals surface area contributed by atoms with Gasteiger partial charge in [-0.2, -0.15) is 4.98 Å². The fourth-order valence-corrected chi connectivity index (χ4v) is 1.70. The van der Waals surface area contributed by atoms with Crippen molar-refractivity contribution in [1.82, 2.24) is 10.1 Å². The highest BCUT2D eigenvalue weighted by atomic mass is 16.5. The highest BCUT2D eigenvalue weighted by molar-refractivity contribution is 5.16. The van der Waals surface area contributed by atoms with Crippen molar-refractivity contribution in [2.24, 2.45) is 5.73 Å². The lowest BCUT2D eigenvalue weighted by atomic mass is 10.1. The molecule has 1 atom stereocenters. The molecule has 0 bridgehead atoms. The van der Waals surface area contributed by atoms with Crippen LogP contribution >= 0.6 is 0 Å². The Morgan fingerprint density at radius 2 is 2.06 bits per heavy atom. The minimum atomic E-state index is -0.226. The van der Waals surface area contributed by atoms with Crippen LogP contribution < -0.4 is 5.73 Å². The largest absolute Gasteiger partial charge is 0.338 e. The molecule has 4 heteroatoms. The van der Waals surface area contributed by atoms with Crippen LogP contribution in [-0.4, -0.2) is 10.1 Å². The Labute approximate surface area is 101 Å². The van der Waals surface area contributed by atoms with Crippen molar-refractivity contribution in [1.29, 1.82) is 0 Å². The molecule has 0 aliphatic heterocycles. The van der Waals surface area contributed by atoms with E-state index in [-0.39, 0.29) is 6.04 Å². The third-order valence-electron chi connectivity index (χ3n) is 2.57. The number of hydrogen-bond acceptors (Lipinski definition) is 4. The molecule has 0 saturated heterocycles. The summed E-state index contributed by atoms with van der Waals surface area (Å²) in [5.74, 6) is 1.27. The summed E-state index contributed by atoms with van der Waals surface area (Å²) in [6.07, 6.45) is 2.56. The molecule has 0 amide bonds. The smallest absolute Gasteiger partial charge is 0.243 e. The van der Waals surface area contributed by atoms with E-state index in [1.165, 1.54) is 5.56 Å². The number of benzene rings is 1. The van der Waals surface area contributed by atoms with Gasteiger partial charge in [0, 0.05) is 6.42 Å². The van der Waals surface area contributed by atoms with Crippen molar-refractivity contribution in [2.75, 3.05) is 0 Å². The van der Waals surface area contributed by atoms with Crippen LogP contribution in [0.2, 0.25) is 0 Å². The number of nitrogens with two attached hydrogens (primary N) is 1. The molecular formula is C13H17N3O. The summed E-state index contributed by atoms with van der Waals surface area (Å²) in [4.78, 5) is 4.29. The topological polar surface area (TPSA) is 64.9 Å². The van der Waals surface area contributed by atoms with Crippen LogP contribution in [0.15, 0.2) is 34.9 Å². The van der Waals surface area contributed by atoms with Gasteiger partial charge < -0.3 is 10.3 Å². The lowest BCUT2D eigenvalue weighted by molar-refractivity contribution is 0.350. The van der Waals surface area contributed by atoms with Crippen molar-refractivity contribution < 1.29 is 4.52 Å². The van der Waals surface area contributed by atoms with Crippen LogP contribution in [-0.2, 0) is 12.8 Å². The molecule has 0 aliphatic rings. The van der Waals surface area contributed by atoms with Gasteiger partial charge in [-0.3, -0.25) is 0 Å². The molecule has 0 unspecified atom stereocenters. The zero-order valence-electron chi connectivity index (χ0n) is 9.97. The van der Waals surface area contributed by atoms with Crippen LogP contribution in [0, 0.1) is 0 Å². The molecule has 0 aliphatic carbocycles.